The van der Waals surface area contributed by atoms with Gasteiger partial charge in [0.05, 0.1) is 5.75 Å². The lowest BCUT2D eigenvalue weighted by atomic mass is 10.0. The zero-order chi connectivity index (χ0) is 15.5. The molecule has 1 amide bonds. The van der Waals surface area contributed by atoms with E-state index < -0.39 is 11.5 Å². The maximum Gasteiger partial charge on any atom is 0.329 e. The van der Waals surface area contributed by atoms with E-state index in [0.29, 0.717) is 0 Å². The van der Waals surface area contributed by atoms with Crippen molar-refractivity contribution in [2.45, 2.75) is 38.1 Å². The van der Waals surface area contributed by atoms with Crippen LogP contribution < -0.4 is 0 Å². The molecule has 1 aromatic carbocycles. The van der Waals surface area contributed by atoms with Crippen molar-refractivity contribution in [2.75, 3.05) is 12.8 Å². The summed E-state index contributed by atoms with van der Waals surface area (Å²) in [5, 5.41) is 9.13. The van der Waals surface area contributed by atoms with E-state index in [4.69, 9.17) is 5.11 Å². The molecule has 0 aliphatic rings. The normalized spacial score (nSPS) is 11.2. The summed E-state index contributed by atoms with van der Waals surface area (Å²) in [5.74, 6) is -0.967. The topological polar surface area (TPSA) is 57.6 Å². The Morgan fingerprint density at radius 3 is 2.45 bits per heavy atom. The first-order valence-corrected chi connectivity index (χ1v) is 7.35. The van der Waals surface area contributed by atoms with Gasteiger partial charge in [0.25, 0.3) is 0 Å². The molecule has 0 saturated heterocycles. The zero-order valence-electron chi connectivity index (χ0n) is 12.6. The molecule has 0 atom stereocenters. The van der Waals surface area contributed by atoms with Crippen LogP contribution in [0, 0.1) is 13.8 Å². The van der Waals surface area contributed by atoms with Gasteiger partial charge < -0.3 is 10.0 Å². The Labute approximate surface area is 124 Å². The first-order chi connectivity index (χ1) is 9.16. The van der Waals surface area contributed by atoms with Gasteiger partial charge in [-0.1, -0.05) is 17.7 Å². The minimum Gasteiger partial charge on any atom is -0.480 e. The summed E-state index contributed by atoms with van der Waals surface area (Å²) in [5.41, 5.74) is 1.07. The first-order valence-electron chi connectivity index (χ1n) is 6.36. The number of benzene rings is 1. The smallest absolute Gasteiger partial charge is 0.329 e. The summed E-state index contributed by atoms with van der Waals surface area (Å²) in [6.45, 7) is 7.05. The van der Waals surface area contributed by atoms with E-state index in [9.17, 15) is 9.59 Å². The number of aliphatic carboxylic acids is 1. The number of carbonyl (C=O) groups is 2. The molecule has 1 aromatic rings. The van der Waals surface area contributed by atoms with E-state index in [1.807, 2.05) is 32.0 Å². The van der Waals surface area contributed by atoms with Gasteiger partial charge in [0.15, 0.2) is 0 Å². The van der Waals surface area contributed by atoms with Crippen molar-refractivity contribution in [3.05, 3.63) is 29.3 Å². The minimum atomic E-state index is -1.20. The second-order valence-electron chi connectivity index (χ2n) is 5.37. The van der Waals surface area contributed by atoms with E-state index in [1.54, 1.807) is 0 Å². The summed E-state index contributed by atoms with van der Waals surface area (Å²) < 4.78 is 0. The molecule has 1 rings (SSSR count). The number of thioether (sulfide) groups is 1. The highest BCUT2D eigenvalue weighted by Gasteiger charge is 2.34. The van der Waals surface area contributed by atoms with Gasteiger partial charge in [-0.05, 0) is 39.3 Å². The highest BCUT2D eigenvalue weighted by Crippen LogP contribution is 2.24. The molecule has 0 heterocycles. The van der Waals surface area contributed by atoms with E-state index in [1.165, 1.54) is 37.6 Å². The largest absolute Gasteiger partial charge is 0.480 e. The van der Waals surface area contributed by atoms with Crippen molar-refractivity contribution in [1.82, 2.24) is 4.90 Å². The molecule has 0 fully saturated rings. The van der Waals surface area contributed by atoms with Crippen LogP contribution in [0.25, 0.3) is 0 Å². The van der Waals surface area contributed by atoms with Crippen LogP contribution in [0.4, 0.5) is 0 Å². The fraction of sp³-hybridized carbons (Fsp3) is 0.467. The molecule has 0 bridgehead atoms. The number of carbonyl (C=O) groups excluding carboxylic acids is 1. The Morgan fingerprint density at radius 2 is 1.90 bits per heavy atom. The summed E-state index contributed by atoms with van der Waals surface area (Å²) >= 11 is 1.44. The van der Waals surface area contributed by atoms with Crippen molar-refractivity contribution in [3.8, 4) is 0 Å². The summed E-state index contributed by atoms with van der Waals surface area (Å²) in [6.07, 6.45) is 0. The Morgan fingerprint density at radius 1 is 1.30 bits per heavy atom. The second-order valence-corrected chi connectivity index (χ2v) is 6.39. The molecular weight excluding hydrogens is 274 g/mol. The molecule has 0 saturated carbocycles. The highest BCUT2D eigenvalue weighted by molar-refractivity contribution is 8.00. The number of likely N-dealkylation sites (N-methyl/N-ethyl adjacent to an activating group) is 1. The van der Waals surface area contributed by atoms with Crippen LogP contribution in [-0.2, 0) is 9.59 Å². The van der Waals surface area contributed by atoms with Gasteiger partial charge in [0.1, 0.15) is 5.54 Å². The lowest BCUT2D eigenvalue weighted by Crippen LogP contribution is -2.51. The van der Waals surface area contributed by atoms with E-state index >= 15 is 0 Å². The summed E-state index contributed by atoms with van der Waals surface area (Å²) in [4.78, 5) is 25.6. The van der Waals surface area contributed by atoms with Crippen molar-refractivity contribution >= 4 is 23.6 Å². The third-order valence-corrected chi connectivity index (χ3v) is 4.57. The molecule has 0 spiro atoms. The lowest BCUT2D eigenvalue weighted by Gasteiger charge is -2.31. The van der Waals surface area contributed by atoms with Gasteiger partial charge in [0.2, 0.25) is 5.91 Å². The van der Waals surface area contributed by atoms with Crippen molar-refractivity contribution in [1.29, 1.82) is 0 Å². The molecule has 1 N–H and O–H groups in total. The summed E-state index contributed by atoms with van der Waals surface area (Å²) in [6, 6.07) is 6.09. The Kier molecular flexibility index (Phi) is 5.22. The van der Waals surface area contributed by atoms with Crippen molar-refractivity contribution in [3.63, 3.8) is 0 Å². The Bertz CT molecular complexity index is 526. The lowest BCUT2D eigenvalue weighted by molar-refractivity contribution is -0.154. The van der Waals surface area contributed by atoms with Crippen LogP contribution >= 0.6 is 11.8 Å². The Balaban J connectivity index is 2.73. The number of carboxylic acids is 1. The van der Waals surface area contributed by atoms with E-state index in [2.05, 4.69) is 0 Å². The molecular formula is C15H21NO3S. The van der Waals surface area contributed by atoms with Crippen LogP contribution in [-0.4, -0.2) is 40.2 Å². The molecule has 4 nitrogen and oxygen atoms in total. The van der Waals surface area contributed by atoms with Crippen LogP contribution in [0.15, 0.2) is 23.1 Å². The molecule has 0 radical (unpaired) electrons. The minimum absolute atomic E-state index is 0.191. The molecule has 20 heavy (non-hydrogen) atoms. The monoisotopic (exact) mass is 295 g/mol. The van der Waals surface area contributed by atoms with Crippen LogP contribution in [0.2, 0.25) is 0 Å². The average Bonchev–Trinajstić information content (AvgIpc) is 2.38. The van der Waals surface area contributed by atoms with Crippen LogP contribution in [0.1, 0.15) is 25.0 Å². The number of hydrogen-bond acceptors (Lipinski definition) is 3. The number of rotatable bonds is 5. The zero-order valence-corrected chi connectivity index (χ0v) is 13.4. The second kappa shape index (κ2) is 6.31. The predicted molar refractivity (Wildman–Crippen MR) is 81.1 cm³/mol. The number of nitrogens with zero attached hydrogens (tertiary/aromatic N) is 1. The maximum absolute atomic E-state index is 12.1. The van der Waals surface area contributed by atoms with E-state index in [-0.39, 0.29) is 11.7 Å². The quantitative estimate of drug-likeness (QED) is 0.849. The third-order valence-electron chi connectivity index (χ3n) is 3.43. The molecule has 0 aliphatic carbocycles. The number of hydrogen-bond donors (Lipinski definition) is 1. The van der Waals surface area contributed by atoms with Gasteiger partial charge in [-0.2, -0.15) is 0 Å². The fourth-order valence-electron chi connectivity index (χ4n) is 1.55. The predicted octanol–water partition coefficient (Wildman–Crippen LogP) is 2.72. The van der Waals surface area contributed by atoms with Gasteiger partial charge >= 0.3 is 5.97 Å². The average molecular weight is 295 g/mol. The Hall–Kier alpha value is -1.49. The molecule has 5 heteroatoms. The SMILES string of the molecule is Cc1ccc(C)c(SCC(=O)N(C)C(C)(C)C(=O)O)c1. The fourth-order valence-corrected chi connectivity index (χ4v) is 2.59. The van der Waals surface area contributed by atoms with Crippen LogP contribution in [0.5, 0.6) is 0 Å². The molecule has 110 valence electrons. The molecule has 0 unspecified atom stereocenters. The highest BCUT2D eigenvalue weighted by atomic mass is 32.2. The van der Waals surface area contributed by atoms with Crippen molar-refractivity contribution in [2.24, 2.45) is 0 Å². The van der Waals surface area contributed by atoms with Gasteiger partial charge in [-0.25, -0.2) is 4.79 Å². The number of aryl methyl sites for hydroxylation is 2. The van der Waals surface area contributed by atoms with E-state index in [0.717, 1.165) is 16.0 Å². The third kappa shape index (κ3) is 3.76. The number of carboxylic acid groups (broad SMARTS) is 1. The first kappa shape index (κ1) is 16.6. The van der Waals surface area contributed by atoms with Crippen LogP contribution in [0.3, 0.4) is 0 Å². The summed E-state index contributed by atoms with van der Waals surface area (Å²) in [7, 11) is 1.53. The molecule has 0 aromatic heterocycles. The molecule has 0 aliphatic heterocycles. The number of amides is 1. The van der Waals surface area contributed by atoms with Crippen molar-refractivity contribution < 1.29 is 14.7 Å². The van der Waals surface area contributed by atoms with Gasteiger partial charge in [-0.3, -0.25) is 4.79 Å². The van der Waals surface area contributed by atoms with Gasteiger partial charge in [0, 0.05) is 11.9 Å². The maximum atomic E-state index is 12.1. The standard InChI is InChI=1S/C15H21NO3S/c1-10-6-7-11(2)12(8-10)20-9-13(17)16(5)15(3,4)14(18)19/h6-8H,9H2,1-5H3,(H,18,19). The van der Waals surface area contributed by atoms with Gasteiger partial charge in [-0.15, -0.1) is 11.8 Å².